The van der Waals surface area contributed by atoms with Crippen molar-refractivity contribution in [3.63, 3.8) is 0 Å². The summed E-state index contributed by atoms with van der Waals surface area (Å²) in [5.74, 6) is 0. The van der Waals surface area contributed by atoms with Crippen LogP contribution in [0.5, 0.6) is 0 Å². The number of aliphatic hydroxyl groups excluding tert-OH is 1. The molecule has 2 aromatic carbocycles. The van der Waals surface area contributed by atoms with Crippen molar-refractivity contribution in [2.45, 2.75) is 32.7 Å². The van der Waals surface area contributed by atoms with Crippen LogP contribution < -0.4 is 0 Å². The van der Waals surface area contributed by atoms with Gasteiger partial charge in [-0.3, -0.25) is 4.68 Å². The van der Waals surface area contributed by atoms with Gasteiger partial charge in [0.15, 0.2) is 0 Å². The maximum atomic E-state index is 11.3. The first-order valence-electron chi connectivity index (χ1n) is 10.4. The van der Waals surface area contributed by atoms with E-state index in [1.54, 1.807) is 0 Å². The highest BCUT2D eigenvalue weighted by Crippen LogP contribution is 2.34. The molecule has 0 aliphatic carbocycles. The molecular weight excluding hydrogens is 378 g/mol. The zero-order chi connectivity index (χ0) is 21.3. The number of nitrogens with zero attached hydrogens (tertiary/aromatic N) is 3. The number of amides is 1. The zero-order valence-corrected chi connectivity index (χ0v) is 17.4. The molecule has 1 aromatic heterocycles. The number of hydrogen-bond donors (Lipinski definition) is 2. The van der Waals surface area contributed by atoms with Gasteiger partial charge < -0.3 is 15.1 Å². The first-order valence-corrected chi connectivity index (χ1v) is 10.4. The van der Waals surface area contributed by atoms with Crippen molar-refractivity contribution in [1.29, 1.82) is 0 Å². The second-order valence-electron chi connectivity index (χ2n) is 7.91. The third kappa shape index (κ3) is 3.71. The van der Waals surface area contributed by atoms with Crippen molar-refractivity contribution in [2.75, 3.05) is 19.7 Å². The largest absolute Gasteiger partial charge is 0.465 e. The molecule has 0 bridgehead atoms. The SMILES string of the molecule is Cc1ccccc1-c1ccc2c(C3=CCN(C(=O)O)CC3)n(C(C)CCO)nc2c1. The molecule has 0 saturated carbocycles. The number of rotatable bonds is 5. The highest BCUT2D eigenvalue weighted by Gasteiger charge is 2.23. The lowest BCUT2D eigenvalue weighted by atomic mass is 9.97. The molecule has 4 rings (SSSR count). The van der Waals surface area contributed by atoms with E-state index in [2.05, 4.69) is 44.2 Å². The predicted octanol–water partition coefficient (Wildman–Crippen LogP) is 4.72. The van der Waals surface area contributed by atoms with E-state index in [4.69, 9.17) is 5.10 Å². The monoisotopic (exact) mass is 405 g/mol. The fraction of sp³-hybridized carbons (Fsp3) is 0.333. The molecule has 30 heavy (non-hydrogen) atoms. The van der Waals surface area contributed by atoms with E-state index in [-0.39, 0.29) is 12.6 Å². The molecule has 0 spiro atoms. The van der Waals surface area contributed by atoms with Crippen LogP contribution in [0.4, 0.5) is 4.79 Å². The van der Waals surface area contributed by atoms with E-state index in [0.717, 1.165) is 27.7 Å². The van der Waals surface area contributed by atoms with Gasteiger partial charge >= 0.3 is 6.09 Å². The Labute approximate surface area is 176 Å². The number of fused-ring (bicyclic) bond motifs is 1. The number of hydrogen-bond acceptors (Lipinski definition) is 3. The highest BCUT2D eigenvalue weighted by atomic mass is 16.4. The van der Waals surface area contributed by atoms with Crippen LogP contribution in [0.2, 0.25) is 0 Å². The summed E-state index contributed by atoms with van der Waals surface area (Å²) < 4.78 is 2.00. The Bertz CT molecular complexity index is 1120. The molecule has 0 radical (unpaired) electrons. The van der Waals surface area contributed by atoms with Gasteiger partial charge in [0.1, 0.15) is 0 Å². The average molecular weight is 405 g/mol. The average Bonchev–Trinajstić information content (AvgIpc) is 3.13. The summed E-state index contributed by atoms with van der Waals surface area (Å²) in [5, 5.41) is 24.7. The van der Waals surface area contributed by atoms with Gasteiger partial charge in [0.2, 0.25) is 0 Å². The summed E-state index contributed by atoms with van der Waals surface area (Å²) in [4.78, 5) is 12.7. The van der Waals surface area contributed by atoms with Gasteiger partial charge in [-0.25, -0.2) is 4.79 Å². The Balaban J connectivity index is 1.82. The minimum atomic E-state index is -0.889. The number of aliphatic hydroxyl groups is 1. The van der Waals surface area contributed by atoms with Crippen LogP contribution in [-0.2, 0) is 0 Å². The summed E-state index contributed by atoms with van der Waals surface area (Å²) in [6, 6.07) is 14.7. The van der Waals surface area contributed by atoms with Crippen LogP contribution in [-0.4, -0.2) is 50.7 Å². The van der Waals surface area contributed by atoms with Crippen LogP contribution in [0.25, 0.3) is 27.6 Å². The number of aryl methyl sites for hydroxylation is 1. The van der Waals surface area contributed by atoms with Gasteiger partial charge in [0.05, 0.1) is 17.3 Å². The molecule has 2 N–H and O–H groups in total. The lowest BCUT2D eigenvalue weighted by Gasteiger charge is -2.25. The minimum absolute atomic E-state index is 0.0396. The molecule has 1 unspecified atom stereocenters. The Kier molecular flexibility index (Phi) is 5.59. The molecule has 1 atom stereocenters. The van der Waals surface area contributed by atoms with Crippen LogP contribution in [0.1, 0.15) is 37.1 Å². The summed E-state index contributed by atoms with van der Waals surface area (Å²) in [5.41, 5.74) is 6.59. The molecule has 3 aromatic rings. The van der Waals surface area contributed by atoms with E-state index < -0.39 is 6.09 Å². The van der Waals surface area contributed by atoms with Gasteiger partial charge in [-0.2, -0.15) is 5.10 Å². The van der Waals surface area contributed by atoms with Gasteiger partial charge in [0.25, 0.3) is 0 Å². The fourth-order valence-electron chi connectivity index (χ4n) is 4.17. The first kappa shape index (κ1) is 20.2. The van der Waals surface area contributed by atoms with E-state index in [1.807, 2.05) is 22.9 Å². The standard InChI is InChI=1S/C24H27N3O3/c1-16-5-3-4-6-20(16)19-7-8-21-22(15-19)25-27(17(2)11-14-28)23(21)18-9-12-26(13-10-18)24(29)30/h3-9,15,17,28H,10-14H2,1-2H3,(H,29,30). The van der Waals surface area contributed by atoms with E-state index >= 15 is 0 Å². The summed E-state index contributed by atoms with van der Waals surface area (Å²) in [7, 11) is 0. The molecule has 1 amide bonds. The maximum absolute atomic E-state index is 11.3. The number of carboxylic acid groups (broad SMARTS) is 1. The second kappa shape index (κ2) is 8.32. The number of benzene rings is 2. The number of aromatic nitrogens is 2. The zero-order valence-electron chi connectivity index (χ0n) is 17.4. The molecule has 0 fully saturated rings. The molecule has 0 saturated heterocycles. The van der Waals surface area contributed by atoms with Crippen LogP contribution >= 0.6 is 0 Å². The maximum Gasteiger partial charge on any atom is 0.407 e. The molecule has 1 aliphatic heterocycles. The third-order valence-electron chi connectivity index (χ3n) is 5.90. The quantitative estimate of drug-likeness (QED) is 0.644. The van der Waals surface area contributed by atoms with E-state index in [1.165, 1.54) is 16.0 Å². The van der Waals surface area contributed by atoms with Crippen molar-refractivity contribution in [3.8, 4) is 11.1 Å². The smallest absolute Gasteiger partial charge is 0.407 e. The summed E-state index contributed by atoms with van der Waals surface area (Å²) in [6.07, 6.45) is 2.37. The Morgan fingerprint density at radius 2 is 2.03 bits per heavy atom. The summed E-state index contributed by atoms with van der Waals surface area (Å²) in [6.45, 7) is 5.11. The third-order valence-corrected chi connectivity index (χ3v) is 5.90. The van der Waals surface area contributed by atoms with Gasteiger partial charge in [-0.05, 0) is 61.1 Å². The molecule has 6 nitrogen and oxygen atoms in total. The van der Waals surface area contributed by atoms with Crippen LogP contribution in [0.15, 0.2) is 48.5 Å². The first-order chi connectivity index (χ1) is 14.5. The van der Waals surface area contributed by atoms with Gasteiger partial charge in [-0.15, -0.1) is 0 Å². The molecule has 2 heterocycles. The van der Waals surface area contributed by atoms with Gasteiger partial charge in [-0.1, -0.05) is 36.4 Å². The molecular formula is C24H27N3O3. The number of carbonyl (C=O) groups is 1. The van der Waals surface area contributed by atoms with Crippen molar-refractivity contribution in [3.05, 3.63) is 59.8 Å². The van der Waals surface area contributed by atoms with Crippen molar-refractivity contribution < 1.29 is 15.0 Å². The van der Waals surface area contributed by atoms with Crippen molar-refractivity contribution in [1.82, 2.24) is 14.7 Å². The van der Waals surface area contributed by atoms with E-state index in [0.29, 0.717) is 25.9 Å². The topological polar surface area (TPSA) is 78.6 Å². The second-order valence-corrected chi connectivity index (χ2v) is 7.91. The lowest BCUT2D eigenvalue weighted by Crippen LogP contribution is -2.33. The predicted molar refractivity (Wildman–Crippen MR) is 119 cm³/mol. The van der Waals surface area contributed by atoms with Crippen LogP contribution in [0, 0.1) is 6.92 Å². The Morgan fingerprint density at radius 3 is 2.70 bits per heavy atom. The fourth-order valence-corrected chi connectivity index (χ4v) is 4.17. The Hall–Kier alpha value is -3.12. The van der Waals surface area contributed by atoms with Crippen molar-refractivity contribution >= 4 is 22.6 Å². The molecule has 156 valence electrons. The normalized spacial score (nSPS) is 15.3. The van der Waals surface area contributed by atoms with Gasteiger partial charge in [0, 0.05) is 25.1 Å². The molecule has 1 aliphatic rings. The molecule has 6 heteroatoms. The van der Waals surface area contributed by atoms with Crippen LogP contribution in [0.3, 0.4) is 0 Å². The summed E-state index contributed by atoms with van der Waals surface area (Å²) >= 11 is 0. The Morgan fingerprint density at radius 1 is 1.23 bits per heavy atom. The van der Waals surface area contributed by atoms with E-state index in [9.17, 15) is 15.0 Å². The minimum Gasteiger partial charge on any atom is -0.465 e. The lowest BCUT2D eigenvalue weighted by molar-refractivity contribution is 0.150. The highest BCUT2D eigenvalue weighted by molar-refractivity contribution is 5.94. The van der Waals surface area contributed by atoms with Crippen molar-refractivity contribution in [2.24, 2.45) is 0 Å².